The molecule has 0 fully saturated rings. The molecule has 0 saturated carbocycles. The van der Waals surface area contributed by atoms with E-state index in [9.17, 15) is 18.0 Å². The minimum absolute atomic E-state index is 0. The van der Waals surface area contributed by atoms with Crippen molar-refractivity contribution < 1.29 is 19.4 Å². The molecule has 0 saturated heterocycles. The third kappa shape index (κ3) is 5.60. The molecule has 1 aromatic rings. The van der Waals surface area contributed by atoms with E-state index in [0.29, 0.717) is 16.7 Å². The van der Waals surface area contributed by atoms with Crippen LogP contribution in [0, 0.1) is 17.2 Å². The van der Waals surface area contributed by atoms with Crippen LogP contribution in [0.3, 0.4) is 0 Å². The summed E-state index contributed by atoms with van der Waals surface area (Å²) in [6.07, 6.45) is 1.86. The van der Waals surface area contributed by atoms with E-state index in [1.165, 1.54) is 36.9 Å². The zero-order valence-corrected chi connectivity index (χ0v) is 19.5. The minimum atomic E-state index is -4.48. The number of amides is 1. The molecule has 1 N–H and O–H groups in total. The Labute approximate surface area is 197 Å². The number of nitrogens with one attached hydrogen (secondary N) is 1. The van der Waals surface area contributed by atoms with Gasteiger partial charge in [0.05, 0.1) is 23.2 Å². The lowest BCUT2D eigenvalue weighted by molar-refractivity contribution is -0.0893. The van der Waals surface area contributed by atoms with Crippen LogP contribution in [-0.2, 0) is 0 Å². The van der Waals surface area contributed by atoms with Crippen molar-refractivity contribution in [2.45, 2.75) is 39.9 Å². The van der Waals surface area contributed by atoms with Crippen LogP contribution in [0.5, 0.6) is 0 Å². The molecule has 33 heavy (non-hydrogen) atoms. The fourth-order valence-electron chi connectivity index (χ4n) is 3.49. The highest BCUT2D eigenvalue weighted by atomic mass is 32.2. The van der Waals surface area contributed by atoms with Crippen molar-refractivity contribution in [3.63, 3.8) is 0 Å². The second-order valence-electron chi connectivity index (χ2n) is 7.97. The molecular weight excluding hydrogens is 445 g/mol. The lowest BCUT2D eigenvalue weighted by atomic mass is 9.96. The van der Waals surface area contributed by atoms with Crippen molar-refractivity contribution in [2.75, 3.05) is 0 Å². The molecule has 1 amide bonds. The van der Waals surface area contributed by atoms with Gasteiger partial charge in [0.25, 0.3) is 5.91 Å². The maximum atomic E-state index is 13.6. The van der Waals surface area contributed by atoms with Gasteiger partial charge in [-0.2, -0.15) is 18.4 Å². The maximum Gasteiger partial charge on any atom is 0.417 e. The lowest BCUT2D eigenvalue weighted by Gasteiger charge is -2.27. The second kappa shape index (κ2) is 9.74. The standard InChI is InChI=1S/C26H23F3N2OS.H2/c1-15-7-5-9-20(13-22(15)26(27,28)29)24-17(3)16(2)11-23(33-24)18(4)31-25(32)21-10-6-8-19(12-21)14-30;/h5-6,8-13,16,18H,1-4H3,(H,31,32);1H. The Kier molecular flexibility index (Phi) is 7.22. The van der Waals surface area contributed by atoms with Crippen molar-refractivity contribution in [1.29, 1.82) is 5.26 Å². The van der Waals surface area contributed by atoms with Gasteiger partial charge in [0, 0.05) is 22.4 Å². The van der Waals surface area contributed by atoms with Crippen LogP contribution < -0.4 is 5.32 Å². The number of carbonyl (C=O) groups is 1. The zero-order valence-electron chi connectivity index (χ0n) is 18.7. The molecule has 1 heterocycles. The van der Waals surface area contributed by atoms with Crippen molar-refractivity contribution >= 4 is 17.7 Å². The molecule has 1 aliphatic carbocycles. The zero-order chi connectivity index (χ0) is 24.3. The van der Waals surface area contributed by atoms with E-state index in [-0.39, 0.29) is 24.9 Å². The first-order valence-electron chi connectivity index (χ1n) is 10.4. The summed E-state index contributed by atoms with van der Waals surface area (Å²) in [6, 6.07) is 8.05. The number of hydrogen-bond donors (Lipinski definition) is 1. The van der Waals surface area contributed by atoms with E-state index < -0.39 is 11.7 Å². The third-order valence-corrected chi connectivity index (χ3v) is 7.02. The molecule has 1 aliphatic heterocycles. The number of benzene rings is 1. The van der Waals surface area contributed by atoms with E-state index in [0.717, 1.165) is 15.4 Å². The summed E-state index contributed by atoms with van der Waals surface area (Å²) in [6.45, 7) is 7.12. The van der Waals surface area contributed by atoms with Gasteiger partial charge in [0.2, 0.25) is 0 Å². The summed E-state index contributed by atoms with van der Waals surface area (Å²) in [5.74, 6) is -0.334. The SMILES string of the molecule is CC1=C=CC=C(C2=C(C)C(C)C=C(C(C)NC(=O)c3cccc(C#N)c3)S2)C=C1C(F)(F)F.[HH]. The van der Waals surface area contributed by atoms with Gasteiger partial charge in [-0.25, -0.2) is 0 Å². The average molecular weight is 471 g/mol. The molecule has 2 atom stereocenters. The van der Waals surface area contributed by atoms with Gasteiger partial charge in [-0.15, -0.1) is 5.73 Å². The van der Waals surface area contributed by atoms with Crippen molar-refractivity contribution in [3.8, 4) is 6.07 Å². The van der Waals surface area contributed by atoms with Crippen molar-refractivity contribution in [1.82, 2.24) is 5.32 Å². The fraction of sp³-hybridized carbons (Fsp3) is 0.269. The van der Waals surface area contributed by atoms with Gasteiger partial charge in [-0.1, -0.05) is 36.4 Å². The summed E-state index contributed by atoms with van der Waals surface area (Å²) < 4.78 is 40.7. The van der Waals surface area contributed by atoms with Gasteiger partial charge in [0.1, 0.15) is 0 Å². The summed E-state index contributed by atoms with van der Waals surface area (Å²) in [5.41, 5.74) is 4.19. The Morgan fingerprint density at radius 1 is 1.33 bits per heavy atom. The fourth-order valence-corrected chi connectivity index (χ4v) is 4.83. The van der Waals surface area contributed by atoms with Gasteiger partial charge in [-0.3, -0.25) is 4.79 Å². The lowest BCUT2D eigenvalue weighted by Crippen LogP contribution is -2.34. The molecule has 0 spiro atoms. The van der Waals surface area contributed by atoms with Crippen LogP contribution in [0.25, 0.3) is 0 Å². The molecular formula is C26H25F3N2OS. The smallest absolute Gasteiger partial charge is 0.345 e. The normalized spacial score (nSPS) is 19.5. The van der Waals surface area contributed by atoms with E-state index >= 15 is 0 Å². The summed E-state index contributed by atoms with van der Waals surface area (Å²) >= 11 is 1.36. The predicted octanol–water partition coefficient (Wildman–Crippen LogP) is 6.99. The first-order chi connectivity index (χ1) is 15.5. The first kappa shape index (κ1) is 24.4. The van der Waals surface area contributed by atoms with Crippen LogP contribution in [0.1, 0.15) is 45.0 Å². The Balaban J connectivity index is 0.00000408. The monoisotopic (exact) mass is 470 g/mol. The quantitative estimate of drug-likeness (QED) is 0.482. The van der Waals surface area contributed by atoms with Gasteiger partial charge >= 0.3 is 6.18 Å². The molecule has 3 nitrogen and oxygen atoms in total. The maximum absolute atomic E-state index is 13.6. The number of nitrogens with zero attached hydrogens (tertiary/aromatic N) is 1. The average Bonchev–Trinajstić information content (AvgIpc) is 2.97. The highest BCUT2D eigenvalue weighted by molar-refractivity contribution is 8.07. The number of rotatable bonds is 4. The number of alkyl halides is 3. The topological polar surface area (TPSA) is 52.9 Å². The highest BCUT2D eigenvalue weighted by Gasteiger charge is 2.36. The Hall–Kier alpha value is -3.20. The number of thioether (sulfide) groups is 1. The van der Waals surface area contributed by atoms with Crippen LogP contribution in [0.4, 0.5) is 13.2 Å². The number of halogens is 3. The summed E-state index contributed by atoms with van der Waals surface area (Å²) in [5, 5.41) is 12.0. The number of carbonyl (C=O) groups excluding carboxylic acids is 1. The van der Waals surface area contributed by atoms with Crippen molar-refractivity contribution in [3.05, 3.63) is 97.5 Å². The highest BCUT2D eigenvalue weighted by Crippen LogP contribution is 2.44. The Morgan fingerprint density at radius 2 is 2.06 bits per heavy atom. The molecule has 3 rings (SSSR count). The Bertz CT molecular complexity index is 1230. The third-order valence-electron chi connectivity index (χ3n) is 5.54. The molecule has 172 valence electrons. The van der Waals surface area contributed by atoms with Crippen molar-refractivity contribution in [2.24, 2.45) is 5.92 Å². The second-order valence-corrected chi connectivity index (χ2v) is 9.06. The van der Waals surface area contributed by atoms with Crippen LogP contribution in [0.15, 0.2) is 86.4 Å². The predicted molar refractivity (Wildman–Crippen MR) is 127 cm³/mol. The van der Waals surface area contributed by atoms with E-state index in [4.69, 9.17) is 5.26 Å². The summed E-state index contributed by atoms with van der Waals surface area (Å²) in [7, 11) is 0. The molecule has 1 aromatic carbocycles. The number of hydrogen-bond acceptors (Lipinski definition) is 3. The van der Waals surface area contributed by atoms with E-state index in [1.807, 2.05) is 32.9 Å². The number of nitriles is 1. The molecule has 7 heteroatoms. The van der Waals surface area contributed by atoms with Gasteiger partial charge in [-0.05, 0) is 68.7 Å². The number of allylic oxidation sites excluding steroid dienone is 7. The molecule has 0 aromatic heterocycles. The van der Waals surface area contributed by atoms with Crippen LogP contribution in [-0.4, -0.2) is 18.1 Å². The van der Waals surface area contributed by atoms with Crippen LogP contribution >= 0.6 is 11.8 Å². The minimum Gasteiger partial charge on any atom is -0.345 e. The van der Waals surface area contributed by atoms with E-state index in [1.54, 1.807) is 24.3 Å². The summed E-state index contributed by atoms with van der Waals surface area (Å²) in [4.78, 5) is 14.3. The Morgan fingerprint density at radius 3 is 2.73 bits per heavy atom. The molecule has 2 unspecified atom stereocenters. The first-order valence-corrected chi connectivity index (χ1v) is 11.2. The van der Waals surface area contributed by atoms with Gasteiger partial charge < -0.3 is 5.32 Å². The largest absolute Gasteiger partial charge is 0.417 e. The van der Waals surface area contributed by atoms with E-state index in [2.05, 4.69) is 11.0 Å². The molecule has 0 radical (unpaired) electrons. The van der Waals surface area contributed by atoms with Crippen LogP contribution in [0.2, 0.25) is 0 Å². The molecule has 0 bridgehead atoms. The molecule has 2 aliphatic rings. The van der Waals surface area contributed by atoms with Gasteiger partial charge in [0.15, 0.2) is 0 Å².